The number of hydrogen-bond donors (Lipinski definition) is 4. The maximum atomic E-state index is 9.32. The van der Waals surface area contributed by atoms with Gasteiger partial charge in [-0.05, 0) is 0 Å². The quantitative estimate of drug-likeness (QED) is 0.375. The molecule has 4 unspecified atom stereocenters. The number of aliphatic hydroxyl groups is 4. The van der Waals surface area contributed by atoms with Crippen LogP contribution in [0.4, 0.5) is 0 Å². The predicted octanol–water partition coefficient (Wildman–Crippen LogP) is -1.95. The summed E-state index contributed by atoms with van der Waals surface area (Å²) in [4.78, 5) is 0. The van der Waals surface area contributed by atoms with Gasteiger partial charge in [-0.2, -0.15) is 0 Å². The van der Waals surface area contributed by atoms with Crippen LogP contribution in [0, 0.1) is 5.92 Å². The Kier molecular flexibility index (Phi) is 3.03. The van der Waals surface area contributed by atoms with Crippen LogP contribution in [-0.2, 0) is 4.74 Å². The van der Waals surface area contributed by atoms with Gasteiger partial charge in [0.2, 0.25) is 0 Å². The van der Waals surface area contributed by atoms with Crippen molar-refractivity contribution in [3.8, 4) is 0 Å². The van der Waals surface area contributed by atoms with Crippen molar-refractivity contribution >= 4 is 0 Å². The Morgan fingerprint density at radius 1 is 1.17 bits per heavy atom. The summed E-state index contributed by atoms with van der Waals surface area (Å²) in [5.41, 5.74) is 0. The first-order valence-corrected chi connectivity index (χ1v) is 3.88. The van der Waals surface area contributed by atoms with E-state index in [1.54, 1.807) is 6.92 Å². The van der Waals surface area contributed by atoms with Crippen molar-refractivity contribution in [2.24, 2.45) is 5.92 Å². The van der Waals surface area contributed by atoms with Crippen molar-refractivity contribution in [2.75, 3.05) is 6.61 Å². The molecule has 1 aliphatic heterocycles. The van der Waals surface area contributed by atoms with Crippen molar-refractivity contribution in [3.63, 3.8) is 0 Å². The number of ether oxygens (including phenoxy) is 1. The van der Waals surface area contributed by atoms with E-state index < -0.39 is 37.1 Å². The Morgan fingerprint density at radius 2 is 1.75 bits per heavy atom. The monoisotopic (exact) mass is 178 g/mol. The van der Waals surface area contributed by atoms with Gasteiger partial charge in [-0.1, -0.05) is 6.92 Å². The summed E-state index contributed by atoms with van der Waals surface area (Å²) < 4.78 is 4.83. The second kappa shape index (κ2) is 3.68. The van der Waals surface area contributed by atoms with Crippen molar-refractivity contribution in [3.05, 3.63) is 0 Å². The largest absolute Gasteiger partial charge is 0.394 e. The lowest BCUT2D eigenvalue weighted by Crippen LogP contribution is -2.54. The van der Waals surface area contributed by atoms with E-state index in [0.717, 1.165) is 0 Å². The van der Waals surface area contributed by atoms with Crippen molar-refractivity contribution in [2.45, 2.75) is 31.5 Å². The van der Waals surface area contributed by atoms with Gasteiger partial charge in [-0.25, -0.2) is 0 Å². The Morgan fingerprint density at radius 3 is 2.25 bits per heavy atom. The van der Waals surface area contributed by atoms with Crippen LogP contribution < -0.4 is 0 Å². The van der Waals surface area contributed by atoms with Gasteiger partial charge >= 0.3 is 0 Å². The Bertz CT molecular complexity index is 146. The summed E-state index contributed by atoms with van der Waals surface area (Å²) in [5, 5.41) is 36.4. The van der Waals surface area contributed by atoms with Crippen LogP contribution in [-0.4, -0.2) is 51.6 Å². The lowest BCUT2D eigenvalue weighted by Gasteiger charge is -2.38. The van der Waals surface area contributed by atoms with E-state index in [0.29, 0.717) is 0 Å². The maximum Gasteiger partial charge on any atom is 0.160 e. The zero-order chi connectivity index (χ0) is 9.30. The smallest absolute Gasteiger partial charge is 0.160 e. The fourth-order valence-electron chi connectivity index (χ4n) is 1.23. The maximum absolute atomic E-state index is 9.32. The minimum atomic E-state index is -1.13. The van der Waals surface area contributed by atoms with Gasteiger partial charge in [-0.3, -0.25) is 0 Å². The van der Waals surface area contributed by atoms with E-state index in [-0.39, 0.29) is 0 Å². The van der Waals surface area contributed by atoms with Crippen molar-refractivity contribution in [1.29, 1.82) is 0 Å². The fraction of sp³-hybridized carbons (Fsp3) is 1.00. The molecule has 0 aromatic carbocycles. The first kappa shape index (κ1) is 9.88. The third-order valence-corrected chi connectivity index (χ3v) is 2.21. The van der Waals surface area contributed by atoms with E-state index >= 15 is 0 Å². The highest BCUT2D eigenvalue weighted by Gasteiger charge is 2.40. The molecular weight excluding hydrogens is 164 g/mol. The summed E-state index contributed by atoms with van der Waals surface area (Å²) in [6.45, 7) is 1.15. The first-order chi connectivity index (χ1) is 5.57. The van der Waals surface area contributed by atoms with Crippen LogP contribution in [0.3, 0.4) is 0 Å². The van der Waals surface area contributed by atoms with Gasteiger partial charge in [0, 0.05) is 5.92 Å². The third-order valence-electron chi connectivity index (χ3n) is 2.21. The van der Waals surface area contributed by atoms with Crippen LogP contribution in [0.15, 0.2) is 0 Å². The molecule has 5 nitrogen and oxygen atoms in total. The second-order valence-corrected chi connectivity index (χ2v) is 3.09. The van der Waals surface area contributed by atoms with Crippen LogP contribution in [0.25, 0.3) is 0 Å². The third kappa shape index (κ3) is 1.60. The average molecular weight is 178 g/mol. The van der Waals surface area contributed by atoms with Gasteiger partial charge in [0.1, 0.15) is 12.2 Å². The van der Waals surface area contributed by atoms with E-state index in [2.05, 4.69) is 0 Å². The molecule has 1 heterocycles. The van der Waals surface area contributed by atoms with Crippen LogP contribution in [0.1, 0.15) is 6.92 Å². The second-order valence-electron chi connectivity index (χ2n) is 3.09. The van der Waals surface area contributed by atoms with Crippen LogP contribution in [0.5, 0.6) is 0 Å². The van der Waals surface area contributed by atoms with Crippen LogP contribution >= 0.6 is 0 Å². The van der Waals surface area contributed by atoms with Gasteiger partial charge in [0.05, 0.1) is 12.7 Å². The highest BCUT2D eigenvalue weighted by Crippen LogP contribution is 2.23. The van der Waals surface area contributed by atoms with Gasteiger partial charge in [0.25, 0.3) is 0 Å². The van der Waals surface area contributed by atoms with E-state index in [1.807, 2.05) is 0 Å². The molecular formula is C7H14O5. The molecule has 1 saturated heterocycles. The van der Waals surface area contributed by atoms with Gasteiger partial charge < -0.3 is 25.2 Å². The van der Waals surface area contributed by atoms with Crippen molar-refractivity contribution < 1.29 is 25.2 Å². The molecule has 0 radical (unpaired) electrons. The molecule has 5 atom stereocenters. The highest BCUT2D eigenvalue weighted by atomic mass is 16.6. The topological polar surface area (TPSA) is 90.2 Å². The fourth-order valence-corrected chi connectivity index (χ4v) is 1.23. The van der Waals surface area contributed by atoms with Crippen LogP contribution in [0.2, 0.25) is 0 Å². The Balaban J connectivity index is 2.63. The summed E-state index contributed by atoms with van der Waals surface area (Å²) in [6.07, 6.45) is -4.20. The molecule has 12 heavy (non-hydrogen) atoms. The zero-order valence-electron chi connectivity index (χ0n) is 6.79. The number of rotatable bonds is 1. The minimum absolute atomic E-state index is 0.415. The highest BCUT2D eigenvalue weighted by molar-refractivity contribution is 4.86. The molecule has 0 aromatic rings. The lowest BCUT2D eigenvalue weighted by atomic mass is 9.93. The van der Waals surface area contributed by atoms with Gasteiger partial charge in [0.15, 0.2) is 6.29 Å². The molecule has 72 valence electrons. The van der Waals surface area contributed by atoms with Crippen molar-refractivity contribution in [1.82, 2.24) is 0 Å². The first-order valence-electron chi connectivity index (χ1n) is 3.88. The number of hydrogen-bond acceptors (Lipinski definition) is 5. The Hall–Kier alpha value is -0.200. The molecule has 0 amide bonds. The molecule has 1 fully saturated rings. The lowest BCUT2D eigenvalue weighted by molar-refractivity contribution is -0.266. The van der Waals surface area contributed by atoms with Gasteiger partial charge in [-0.15, -0.1) is 0 Å². The molecule has 4 N–H and O–H groups in total. The molecule has 5 heteroatoms. The van der Waals surface area contributed by atoms with E-state index in [1.165, 1.54) is 0 Å². The SMILES string of the molecule is CC1C(O)OC(CO)[C@H](O)C1O. The molecule has 0 spiro atoms. The minimum Gasteiger partial charge on any atom is -0.394 e. The normalized spacial score (nSPS) is 49.2. The molecule has 0 aliphatic carbocycles. The molecule has 0 saturated carbocycles. The summed E-state index contributed by atoms with van der Waals surface area (Å²) in [6, 6.07) is 0. The predicted molar refractivity (Wildman–Crippen MR) is 39.1 cm³/mol. The average Bonchev–Trinajstić information content (AvgIpc) is 2.08. The zero-order valence-corrected chi connectivity index (χ0v) is 6.79. The standard InChI is InChI=1S/C7H14O5/c1-3-5(9)6(10)4(2-8)12-7(3)11/h3-11H,2H2,1H3/t3?,4?,5?,6-,7?/m0/s1. The molecule has 0 bridgehead atoms. The summed E-state index contributed by atoms with van der Waals surface area (Å²) in [7, 11) is 0. The van der Waals surface area contributed by atoms with E-state index in [4.69, 9.17) is 14.9 Å². The summed E-state index contributed by atoms with van der Waals surface area (Å²) in [5.74, 6) is -0.539. The Labute approximate surface area is 70.2 Å². The van der Waals surface area contributed by atoms with E-state index in [9.17, 15) is 10.2 Å². The molecule has 0 aromatic heterocycles. The number of aliphatic hydroxyl groups excluding tert-OH is 4. The molecule has 1 aliphatic rings. The summed E-state index contributed by atoms with van der Waals surface area (Å²) >= 11 is 0. The molecule has 1 rings (SSSR count).